The van der Waals surface area contributed by atoms with Crippen molar-refractivity contribution in [2.75, 3.05) is 6.54 Å². The Morgan fingerprint density at radius 1 is 1.18 bits per heavy atom. The minimum Gasteiger partial charge on any atom is -0.387 e. The van der Waals surface area contributed by atoms with Crippen molar-refractivity contribution in [3.8, 4) is 0 Å². The predicted octanol–water partition coefficient (Wildman–Crippen LogP) is 3.66. The second-order valence-corrected chi connectivity index (χ2v) is 5.52. The van der Waals surface area contributed by atoms with Gasteiger partial charge in [0.15, 0.2) is 0 Å². The Bertz CT molecular complexity index is 368. The van der Waals surface area contributed by atoms with E-state index in [0.29, 0.717) is 16.0 Å². The molecule has 0 aliphatic carbocycles. The third kappa shape index (κ3) is 4.47. The van der Waals surface area contributed by atoms with E-state index in [1.54, 1.807) is 18.2 Å². The minimum atomic E-state index is -0.580. The molecule has 0 aliphatic rings. The molecular weight excluding hydrogens is 257 g/mol. The highest BCUT2D eigenvalue weighted by Crippen LogP contribution is 2.26. The summed E-state index contributed by atoms with van der Waals surface area (Å²) in [5.41, 5.74) is 0.781. The van der Waals surface area contributed by atoms with Crippen LogP contribution in [0.2, 0.25) is 10.0 Å². The van der Waals surface area contributed by atoms with E-state index in [4.69, 9.17) is 23.2 Å². The smallest absolute Gasteiger partial charge is 0.0940 e. The average Bonchev–Trinajstić information content (AvgIpc) is 2.28. The summed E-state index contributed by atoms with van der Waals surface area (Å²) in [5, 5.41) is 14.4. The lowest BCUT2D eigenvalue weighted by molar-refractivity contribution is 0.134. The van der Waals surface area contributed by atoms with E-state index in [0.717, 1.165) is 12.1 Å². The minimum absolute atomic E-state index is 0.0188. The number of nitrogens with one attached hydrogen (secondary N) is 1. The monoisotopic (exact) mass is 275 g/mol. The van der Waals surface area contributed by atoms with Crippen LogP contribution < -0.4 is 5.32 Å². The molecular formula is C13H19Cl2NO. The fraction of sp³-hybridized carbons (Fsp3) is 0.538. The standard InChI is InChI=1S/C13H19Cl2NO/c1-8(2)7-16-9(3)13(17)10-4-5-11(14)12(15)6-10/h4-6,8-9,13,16-17H,7H2,1-3H3. The summed E-state index contributed by atoms with van der Waals surface area (Å²) < 4.78 is 0. The molecule has 2 N–H and O–H groups in total. The highest BCUT2D eigenvalue weighted by Gasteiger charge is 2.16. The van der Waals surface area contributed by atoms with Crippen LogP contribution in [0.15, 0.2) is 18.2 Å². The van der Waals surface area contributed by atoms with E-state index in [1.165, 1.54) is 0 Å². The van der Waals surface area contributed by atoms with Crippen molar-refractivity contribution in [3.63, 3.8) is 0 Å². The van der Waals surface area contributed by atoms with E-state index in [9.17, 15) is 5.11 Å². The zero-order valence-electron chi connectivity index (χ0n) is 10.4. The molecule has 1 aromatic carbocycles. The van der Waals surface area contributed by atoms with Crippen molar-refractivity contribution in [2.24, 2.45) is 5.92 Å². The van der Waals surface area contributed by atoms with Gasteiger partial charge in [-0.15, -0.1) is 0 Å². The van der Waals surface area contributed by atoms with E-state index in [1.807, 2.05) is 6.92 Å². The summed E-state index contributed by atoms with van der Waals surface area (Å²) in [4.78, 5) is 0. The lowest BCUT2D eigenvalue weighted by atomic mass is 10.0. The van der Waals surface area contributed by atoms with Gasteiger partial charge in [-0.05, 0) is 37.1 Å². The fourth-order valence-corrected chi connectivity index (χ4v) is 1.82. The lowest BCUT2D eigenvalue weighted by Gasteiger charge is -2.22. The first-order chi connectivity index (χ1) is 7.91. The molecule has 2 unspecified atom stereocenters. The van der Waals surface area contributed by atoms with E-state index < -0.39 is 6.10 Å². The summed E-state index contributed by atoms with van der Waals surface area (Å²) in [7, 11) is 0. The quantitative estimate of drug-likeness (QED) is 0.860. The third-order valence-electron chi connectivity index (χ3n) is 2.61. The van der Waals surface area contributed by atoms with Crippen molar-refractivity contribution in [2.45, 2.75) is 32.9 Å². The summed E-state index contributed by atoms with van der Waals surface area (Å²) >= 11 is 11.8. The molecule has 0 spiro atoms. The molecule has 1 aromatic rings. The Kier molecular flexibility index (Phi) is 5.74. The largest absolute Gasteiger partial charge is 0.387 e. The van der Waals surface area contributed by atoms with Crippen LogP contribution in [-0.4, -0.2) is 17.7 Å². The second kappa shape index (κ2) is 6.60. The van der Waals surface area contributed by atoms with Gasteiger partial charge in [-0.3, -0.25) is 0 Å². The van der Waals surface area contributed by atoms with Crippen LogP contribution in [0.3, 0.4) is 0 Å². The van der Waals surface area contributed by atoms with Crippen LogP contribution in [0.1, 0.15) is 32.4 Å². The molecule has 0 bridgehead atoms. The van der Waals surface area contributed by atoms with E-state index >= 15 is 0 Å². The molecule has 2 atom stereocenters. The van der Waals surface area contributed by atoms with Crippen molar-refractivity contribution in [3.05, 3.63) is 33.8 Å². The molecule has 96 valence electrons. The Morgan fingerprint density at radius 3 is 2.35 bits per heavy atom. The van der Waals surface area contributed by atoms with Crippen LogP contribution >= 0.6 is 23.2 Å². The summed E-state index contributed by atoms with van der Waals surface area (Å²) in [6.45, 7) is 7.09. The van der Waals surface area contributed by atoms with Gasteiger partial charge in [0.25, 0.3) is 0 Å². The third-order valence-corrected chi connectivity index (χ3v) is 3.35. The Balaban J connectivity index is 2.67. The zero-order valence-corrected chi connectivity index (χ0v) is 11.9. The number of hydrogen-bond acceptors (Lipinski definition) is 2. The van der Waals surface area contributed by atoms with Crippen LogP contribution in [0.5, 0.6) is 0 Å². The Hall–Kier alpha value is -0.280. The second-order valence-electron chi connectivity index (χ2n) is 4.71. The molecule has 0 heterocycles. The molecule has 0 aromatic heterocycles. The molecule has 0 aliphatic heterocycles. The topological polar surface area (TPSA) is 32.3 Å². The molecule has 0 amide bonds. The first-order valence-electron chi connectivity index (χ1n) is 5.78. The number of rotatable bonds is 5. The summed E-state index contributed by atoms with van der Waals surface area (Å²) in [6.07, 6.45) is -0.580. The number of hydrogen-bond donors (Lipinski definition) is 2. The van der Waals surface area contributed by atoms with Crippen LogP contribution in [-0.2, 0) is 0 Å². The van der Waals surface area contributed by atoms with Gasteiger partial charge in [0.05, 0.1) is 16.1 Å². The fourth-order valence-electron chi connectivity index (χ4n) is 1.52. The van der Waals surface area contributed by atoms with Gasteiger partial charge in [0.1, 0.15) is 0 Å². The maximum Gasteiger partial charge on any atom is 0.0940 e. The first-order valence-corrected chi connectivity index (χ1v) is 6.53. The van der Waals surface area contributed by atoms with Crippen molar-refractivity contribution in [1.29, 1.82) is 0 Å². The summed E-state index contributed by atoms with van der Waals surface area (Å²) in [5.74, 6) is 0.554. The Labute approximate surface area is 113 Å². The zero-order chi connectivity index (χ0) is 13.0. The summed E-state index contributed by atoms with van der Waals surface area (Å²) in [6, 6.07) is 5.20. The van der Waals surface area contributed by atoms with Crippen LogP contribution in [0.25, 0.3) is 0 Å². The van der Waals surface area contributed by atoms with Gasteiger partial charge < -0.3 is 10.4 Å². The lowest BCUT2D eigenvalue weighted by Crippen LogP contribution is -2.34. The first kappa shape index (κ1) is 14.8. The predicted molar refractivity (Wildman–Crippen MR) is 73.7 cm³/mol. The van der Waals surface area contributed by atoms with E-state index in [2.05, 4.69) is 19.2 Å². The maximum atomic E-state index is 10.2. The molecule has 2 nitrogen and oxygen atoms in total. The number of aliphatic hydroxyl groups is 1. The molecule has 17 heavy (non-hydrogen) atoms. The molecule has 1 rings (SSSR count). The van der Waals surface area contributed by atoms with Crippen molar-refractivity contribution < 1.29 is 5.11 Å². The van der Waals surface area contributed by atoms with Gasteiger partial charge in [-0.1, -0.05) is 43.1 Å². The normalized spacial score (nSPS) is 15.0. The number of halogens is 2. The molecule has 4 heteroatoms. The molecule has 0 fully saturated rings. The van der Waals surface area contributed by atoms with Gasteiger partial charge in [-0.25, -0.2) is 0 Å². The van der Waals surface area contributed by atoms with Crippen LogP contribution in [0, 0.1) is 5.92 Å². The molecule has 0 radical (unpaired) electrons. The van der Waals surface area contributed by atoms with E-state index in [-0.39, 0.29) is 6.04 Å². The highest BCUT2D eigenvalue weighted by molar-refractivity contribution is 6.42. The number of benzene rings is 1. The Morgan fingerprint density at radius 2 is 1.82 bits per heavy atom. The van der Waals surface area contributed by atoms with Gasteiger partial charge in [0.2, 0.25) is 0 Å². The highest BCUT2D eigenvalue weighted by atomic mass is 35.5. The molecule has 0 saturated heterocycles. The maximum absolute atomic E-state index is 10.2. The number of aliphatic hydroxyl groups excluding tert-OH is 1. The van der Waals surface area contributed by atoms with Crippen molar-refractivity contribution >= 4 is 23.2 Å². The van der Waals surface area contributed by atoms with Gasteiger partial charge >= 0.3 is 0 Å². The SMILES string of the molecule is CC(C)CNC(C)C(O)c1ccc(Cl)c(Cl)c1. The van der Waals surface area contributed by atoms with Crippen LogP contribution in [0.4, 0.5) is 0 Å². The van der Waals surface area contributed by atoms with Gasteiger partial charge in [0, 0.05) is 6.04 Å². The van der Waals surface area contributed by atoms with Gasteiger partial charge in [-0.2, -0.15) is 0 Å². The van der Waals surface area contributed by atoms with Crippen molar-refractivity contribution in [1.82, 2.24) is 5.32 Å². The molecule has 0 saturated carbocycles. The average molecular weight is 276 g/mol.